The van der Waals surface area contributed by atoms with Gasteiger partial charge in [0.2, 0.25) is 0 Å². The molecule has 0 aliphatic carbocycles. The minimum Gasteiger partial charge on any atom is -0.368 e. The summed E-state index contributed by atoms with van der Waals surface area (Å²) in [6.07, 6.45) is 2.30. The topological polar surface area (TPSA) is 42.7 Å². The quantitative estimate of drug-likeness (QED) is 0.798. The number of fused-ring (bicyclic) bond motifs is 1. The van der Waals surface area contributed by atoms with Crippen LogP contribution in [0.3, 0.4) is 0 Å². The first-order valence-corrected chi connectivity index (χ1v) is 6.73. The van der Waals surface area contributed by atoms with Gasteiger partial charge in [-0.1, -0.05) is 19.1 Å². The molecule has 0 atom stereocenters. The monoisotopic (exact) mass is 288 g/mol. The number of para-hydroxylation sites is 2. The summed E-state index contributed by atoms with van der Waals surface area (Å²) in [5, 5.41) is 2.85. The van der Waals surface area contributed by atoms with E-state index >= 15 is 0 Å². The van der Waals surface area contributed by atoms with E-state index < -0.39 is 11.6 Å². The summed E-state index contributed by atoms with van der Waals surface area (Å²) < 4.78 is 29.3. The average molecular weight is 288 g/mol. The SMILES string of the molecule is CCCNc1nc(-n2cnc3ccccc32)c(F)cc1F. The Hall–Kier alpha value is -2.50. The smallest absolute Gasteiger partial charge is 0.177 e. The van der Waals surface area contributed by atoms with E-state index in [4.69, 9.17) is 0 Å². The zero-order valence-electron chi connectivity index (χ0n) is 11.5. The fourth-order valence-electron chi connectivity index (χ4n) is 2.12. The van der Waals surface area contributed by atoms with E-state index in [1.165, 1.54) is 10.9 Å². The molecule has 4 nitrogen and oxygen atoms in total. The number of pyridine rings is 1. The fourth-order valence-corrected chi connectivity index (χ4v) is 2.12. The lowest BCUT2D eigenvalue weighted by Crippen LogP contribution is -2.09. The lowest BCUT2D eigenvalue weighted by atomic mass is 10.3. The van der Waals surface area contributed by atoms with Gasteiger partial charge >= 0.3 is 0 Å². The lowest BCUT2D eigenvalue weighted by molar-refractivity contribution is 0.569. The summed E-state index contributed by atoms with van der Waals surface area (Å²) >= 11 is 0. The summed E-state index contributed by atoms with van der Waals surface area (Å²) in [5.41, 5.74) is 1.45. The molecule has 1 N–H and O–H groups in total. The van der Waals surface area contributed by atoms with Crippen LogP contribution in [0, 0.1) is 11.6 Å². The van der Waals surface area contributed by atoms with Crippen LogP contribution in [0.15, 0.2) is 36.7 Å². The van der Waals surface area contributed by atoms with Crippen molar-refractivity contribution in [3.05, 3.63) is 48.3 Å². The van der Waals surface area contributed by atoms with Crippen molar-refractivity contribution in [1.82, 2.24) is 14.5 Å². The van der Waals surface area contributed by atoms with Crippen LogP contribution in [0.25, 0.3) is 16.9 Å². The molecule has 0 amide bonds. The zero-order chi connectivity index (χ0) is 14.8. The van der Waals surface area contributed by atoms with Gasteiger partial charge in [-0.15, -0.1) is 0 Å². The normalized spacial score (nSPS) is 11.0. The number of nitrogens with one attached hydrogen (secondary N) is 1. The van der Waals surface area contributed by atoms with Crippen molar-refractivity contribution in [2.45, 2.75) is 13.3 Å². The molecule has 0 aliphatic heterocycles. The number of hydrogen-bond acceptors (Lipinski definition) is 3. The minimum atomic E-state index is -0.724. The van der Waals surface area contributed by atoms with Crippen molar-refractivity contribution in [3.8, 4) is 5.82 Å². The maximum atomic E-state index is 14.1. The first-order chi connectivity index (χ1) is 10.2. The molecule has 0 fully saturated rings. The second-order valence-electron chi connectivity index (χ2n) is 4.65. The van der Waals surface area contributed by atoms with E-state index in [1.54, 1.807) is 0 Å². The third-order valence-electron chi connectivity index (χ3n) is 3.14. The molecular weight excluding hydrogens is 274 g/mol. The number of anilines is 1. The summed E-state index contributed by atoms with van der Waals surface area (Å²) in [4.78, 5) is 8.26. The number of benzene rings is 1. The van der Waals surface area contributed by atoms with Gasteiger partial charge in [0.25, 0.3) is 0 Å². The molecular formula is C15H14F2N4. The highest BCUT2D eigenvalue weighted by Crippen LogP contribution is 2.22. The fraction of sp³-hybridized carbons (Fsp3) is 0.200. The van der Waals surface area contributed by atoms with Crippen LogP contribution in [0.1, 0.15) is 13.3 Å². The third-order valence-corrected chi connectivity index (χ3v) is 3.14. The molecule has 21 heavy (non-hydrogen) atoms. The molecule has 0 saturated heterocycles. The Morgan fingerprint density at radius 3 is 2.81 bits per heavy atom. The van der Waals surface area contributed by atoms with E-state index in [9.17, 15) is 8.78 Å². The van der Waals surface area contributed by atoms with Crippen molar-refractivity contribution in [1.29, 1.82) is 0 Å². The Bertz CT molecular complexity index is 782. The highest BCUT2D eigenvalue weighted by atomic mass is 19.1. The van der Waals surface area contributed by atoms with Crippen molar-refractivity contribution < 1.29 is 8.78 Å². The second kappa shape index (κ2) is 5.47. The standard InChI is InChI=1S/C15H14F2N4/c1-2-7-18-14-10(16)8-11(17)15(20-14)21-9-19-12-5-3-4-6-13(12)21/h3-6,8-9H,2,7H2,1H3,(H,18,20). The largest absolute Gasteiger partial charge is 0.368 e. The number of hydrogen-bond donors (Lipinski definition) is 1. The molecule has 6 heteroatoms. The minimum absolute atomic E-state index is 0.0312. The second-order valence-corrected chi connectivity index (χ2v) is 4.65. The predicted molar refractivity (Wildman–Crippen MR) is 77.6 cm³/mol. The van der Waals surface area contributed by atoms with Crippen LogP contribution in [0.2, 0.25) is 0 Å². The molecule has 0 radical (unpaired) electrons. The maximum absolute atomic E-state index is 14.1. The molecule has 0 unspecified atom stereocenters. The molecule has 0 saturated carbocycles. The van der Waals surface area contributed by atoms with Gasteiger partial charge in [-0.2, -0.15) is 0 Å². The Kier molecular flexibility index (Phi) is 3.51. The third kappa shape index (κ3) is 2.44. The van der Waals surface area contributed by atoms with Crippen LogP contribution in [0.4, 0.5) is 14.6 Å². The van der Waals surface area contributed by atoms with E-state index in [0.29, 0.717) is 6.54 Å². The van der Waals surface area contributed by atoms with Crippen LogP contribution in [-0.4, -0.2) is 21.1 Å². The number of halogens is 2. The van der Waals surface area contributed by atoms with Crippen molar-refractivity contribution in [3.63, 3.8) is 0 Å². The predicted octanol–water partition coefficient (Wildman–Crippen LogP) is 3.52. The van der Waals surface area contributed by atoms with Gasteiger partial charge < -0.3 is 5.32 Å². The molecule has 0 bridgehead atoms. The van der Waals surface area contributed by atoms with Gasteiger partial charge in [-0.25, -0.2) is 18.7 Å². The number of imidazole rings is 1. The molecule has 0 aliphatic rings. The highest BCUT2D eigenvalue weighted by Gasteiger charge is 2.15. The first kappa shape index (κ1) is 13.5. The Morgan fingerprint density at radius 2 is 2.00 bits per heavy atom. The first-order valence-electron chi connectivity index (χ1n) is 6.73. The van der Waals surface area contributed by atoms with Crippen LogP contribution < -0.4 is 5.32 Å². The Balaban J connectivity index is 2.13. The summed E-state index contributed by atoms with van der Waals surface area (Å²) in [6, 6.07) is 8.16. The summed E-state index contributed by atoms with van der Waals surface area (Å²) in [6.45, 7) is 2.53. The molecule has 1 aromatic carbocycles. The molecule has 3 aromatic rings. The van der Waals surface area contributed by atoms with Gasteiger partial charge in [0.15, 0.2) is 23.3 Å². The Labute approximate surface area is 120 Å². The van der Waals surface area contributed by atoms with Crippen molar-refractivity contribution in [2.24, 2.45) is 0 Å². The van der Waals surface area contributed by atoms with Gasteiger partial charge in [0.1, 0.15) is 6.33 Å². The van der Waals surface area contributed by atoms with Crippen LogP contribution in [0.5, 0.6) is 0 Å². The molecule has 0 spiro atoms. The molecule has 2 aromatic heterocycles. The van der Waals surface area contributed by atoms with Crippen LogP contribution >= 0.6 is 0 Å². The molecule has 108 valence electrons. The average Bonchev–Trinajstić information content (AvgIpc) is 2.90. The van der Waals surface area contributed by atoms with Gasteiger partial charge in [0, 0.05) is 12.6 Å². The van der Waals surface area contributed by atoms with E-state index in [2.05, 4.69) is 15.3 Å². The van der Waals surface area contributed by atoms with Gasteiger partial charge in [0.05, 0.1) is 11.0 Å². The maximum Gasteiger partial charge on any atom is 0.177 e. The summed E-state index contributed by atoms with van der Waals surface area (Å²) in [7, 11) is 0. The van der Waals surface area contributed by atoms with E-state index in [0.717, 1.165) is 23.5 Å². The zero-order valence-corrected chi connectivity index (χ0v) is 11.5. The number of aromatic nitrogens is 3. The summed E-state index contributed by atoms with van der Waals surface area (Å²) in [5.74, 6) is -1.35. The number of nitrogens with zero attached hydrogens (tertiary/aromatic N) is 3. The number of rotatable bonds is 4. The molecule has 2 heterocycles. The van der Waals surface area contributed by atoms with E-state index in [-0.39, 0.29) is 11.6 Å². The lowest BCUT2D eigenvalue weighted by Gasteiger charge is -2.10. The van der Waals surface area contributed by atoms with Crippen molar-refractivity contribution >= 4 is 16.9 Å². The van der Waals surface area contributed by atoms with Gasteiger partial charge in [-0.05, 0) is 18.6 Å². The van der Waals surface area contributed by atoms with Crippen LogP contribution in [-0.2, 0) is 0 Å². The highest BCUT2D eigenvalue weighted by molar-refractivity contribution is 5.76. The van der Waals surface area contributed by atoms with E-state index in [1.807, 2.05) is 31.2 Å². The van der Waals surface area contributed by atoms with Gasteiger partial charge in [-0.3, -0.25) is 4.57 Å². The Morgan fingerprint density at radius 1 is 1.19 bits per heavy atom. The van der Waals surface area contributed by atoms with Crippen molar-refractivity contribution in [2.75, 3.05) is 11.9 Å². The molecule has 3 rings (SSSR count).